The van der Waals surface area contributed by atoms with Gasteiger partial charge in [0.15, 0.2) is 0 Å². The Morgan fingerprint density at radius 2 is 1.87 bits per heavy atom. The van der Waals surface area contributed by atoms with Gasteiger partial charge in [-0.3, -0.25) is 0 Å². The zero-order valence-electron chi connectivity index (χ0n) is 18.8. The van der Waals surface area contributed by atoms with Gasteiger partial charge in [0.2, 0.25) is 0 Å². The summed E-state index contributed by atoms with van der Waals surface area (Å²) in [4.78, 5) is 0. The van der Waals surface area contributed by atoms with Gasteiger partial charge in [-0.1, -0.05) is 50.3 Å². The van der Waals surface area contributed by atoms with Crippen LogP contribution in [0, 0.1) is 29.1 Å². The van der Waals surface area contributed by atoms with Crippen LogP contribution in [0.2, 0.25) is 0 Å². The topological polar surface area (TPSA) is 60.7 Å². The Labute approximate surface area is 182 Å². The Kier molecular flexibility index (Phi) is 6.44. The van der Waals surface area contributed by atoms with Gasteiger partial charge in [-0.2, -0.15) is 0 Å². The van der Waals surface area contributed by atoms with Crippen LogP contribution in [0.1, 0.15) is 71.6 Å². The van der Waals surface area contributed by atoms with E-state index in [1.807, 2.05) is 0 Å². The van der Waals surface area contributed by atoms with E-state index in [1.165, 1.54) is 44.1 Å². The molecule has 0 heterocycles. The van der Waals surface area contributed by atoms with E-state index in [0.29, 0.717) is 41.9 Å². The molecule has 0 aromatic carbocycles. The van der Waals surface area contributed by atoms with E-state index in [4.69, 9.17) is 0 Å². The molecule has 0 radical (unpaired) electrons. The number of hydrogen-bond donors (Lipinski definition) is 3. The number of hydrogen-bond acceptors (Lipinski definition) is 3. The molecule has 4 aliphatic carbocycles. The highest BCUT2D eigenvalue weighted by Gasteiger charge is 2.50. The minimum Gasteiger partial charge on any atom is -0.393 e. The highest BCUT2D eigenvalue weighted by molar-refractivity contribution is 5.38. The van der Waals surface area contributed by atoms with E-state index < -0.39 is 12.2 Å². The molecule has 7 atom stereocenters. The van der Waals surface area contributed by atoms with Gasteiger partial charge in [-0.05, 0) is 91.6 Å². The zero-order valence-corrected chi connectivity index (χ0v) is 18.8. The van der Waals surface area contributed by atoms with Crippen molar-refractivity contribution in [1.82, 2.24) is 0 Å². The summed E-state index contributed by atoms with van der Waals surface area (Å²) in [6, 6.07) is 0. The molecule has 3 N–H and O–H groups in total. The van der Waals surface area contributed by atoms with E-state index in [1.54, 1.807) is 0 Å². The molecule has 0 saturated heterocycles. The van der Waals surface area contributed by atoms with E-state index >= 15 is 0 Å². The normalized spacial score (nSPS) is 42.1. The summed E-state index contributed by atoms with van der Waals surface area (Å²) < 4.78 is 0. The smallest absolute Gasteiger partial charge is 0.0811 e. The first-order valence-electron chi connectivity index (χ1n) is 12.1. The lowest BCUT2D eigenvalue weighted by Crippen LogP contribution is -2.35. The van der Waals surface area contributed by atoms with Crippen LogP contribution < -0.4 is 0 Å². The van der Waals surface area contributed by atoms with Crippen LogP contribution in [0.4, 0.5) is 0 Å². The Hall–Kier alpha value is -1.16. The summed E-state index contributed by atoms with van der Waals surface area (Å²) >= 11 is 0. The fourth-order valence-corrected chi connectivity index (χ4v) is 6.63. The molecule has 4 aliphatic rings. The zero-order chi connectivity index (χ0) is 21.5. The van der Waals surface area contributed by atoms with Gasteiger partial charge in [0.25, 0.3) is 0 Å². The fraction of sp³-hybridized carbons (Fsp3) is 0.704. The third kappa shape index (κ3) is 4.40. The average Bonchev–Trinajstić information content (AvgIpc) is 3.49. The second-order valence-corrected chi connectivity index (χ2v) is 10.7. The lowest BCUT2D eigenvalue weighted by atomic mass is 9.61. The number of fused-ring (bicyclic) bond motifs is 1. The molecular weight excluding hydrogens is 372 g/mol. The maximum atomic E-state index is 10.2. The van der Waals surface area contributed by atoms with E-state index in [0.717, 1.165) is 17.6 Å². The van der Waals surface area contributed by atoms with Crippen molar-refractivity contribution >= 4 is 0 Å². The van der Waals surface area contributed by atoms with Gasteiger partial charge in [0, 0.05) is 6.42 Å². The lowest BCUT2D eigenvalue weighted by molar-refractivity contribution is 0.0862. The quantitative estimate of drug-likeness (QED) is 0.551. The largest absolute Gasteiger partial charge is 0.393 e. The van der Waals surface area contributed by atoms with Crippen molar-refractivity contribution in [3.8, 4) is 0 Å². The summed E-state index contributed by atoms with van der Waals surface area (Å²) in [6.45, 7) is 8.88. The van der Waals surface area contributed by atoms with E-state index in [9.17, 15) is 15.3 Å². The van der Waals surface area contributed by atoms with Crippen LogP contribution in [-0.4, -0.2) is 33.6 Å². The Morgan fingerprint density at radius 3 is 2.60 bits per heavy atom. The Balaban J connectivity index is 1.48. The van der Waals surface area contributed by atoms with Crippen LogP contribution in [0.3, 0.4) is 0 Å². The maximum absolute atomic E-state index is 10.2. The molecule has 4 saturated carbocycles. The molecule has 0 aromatic heterocycles. The average molecular weight is 413 g/mol. The first-order valence-corrected chi connectivity index (χ1v) is 12.1. The molecule has 0 spiro atoms. The standard InChI is InChI=1S/C27H40O3/c1-17(6-13-25(29)20-8-9-20)23-11-12-24-19(5-4-14-27(23,24)3)7-10-21-15-22(28)16-26(30)18(21)2/h6-7,10,13,17,20,22-26,28-30H,2,4-5,8-9,11-12,14-16H2,1,3H3/b13-6+,19-7+,21-10-/t17-,22+,23+,24-,25-,26-,27+/m0/s1. The van der Waals surface area contributed by atoms with Crippen molar-refractivity contribution in [1.29, 1.82) is 0 Å². The van der Waals surface area contributed by atoms with Crippen molar-refractivity contribution in [3.63, 3.8) is 0 Å². The fourth-order valence-electron chi connectivity index (χ4n) is 6.63. The number of rotatable bonds is 5. The van der Waals surface area contributed by atoms with Crippen molar-refractivity contribution in [2.24, 2.45) is 29.1 Å². The molecule has 166 valence electrons. The second kappa shape index (κ2) is 8.76. The molecule has 0 aromatic rings. The summed E-state index contributed by atoms with van der Waals surface area (Å²) in [5.74, 6) is 2.28. The SMILES string of the molecule is C=C1/C(=C\C=C2/CCC[C@]3(C)[C@@H]([C@@H](C)/C=C/[C@H](O)C4CC4)CC[C@@H]23)C[C@@H](O)C[C@@H]1O. The van der Waals surface area contributed by atoms with E-state index in [2.05, 4.69) is 44.7 Å². The first kappa shape index (κ1) is 22.0. The van der Waals surface area contributed by atoms with Crippen LogP contribution in [0.15, 0.2) is 47.6 Å². The highest BCUT2D eigenvalue weighted by atomic mass is 16.3. The lowest BCUT2D eigenvalue weighted by Gasteiger charge is -2.44. The minimum absolute atomic E-state index is 0.250. The maximum Gasteiger partial charge on any atom is 0.0811 e. The summed E-state index contributed by atoms with van der Waals surface area (Å²) in [7, 11) is 0. The van der Waals surface area contributed by atoms with Gasteiger partial charge in [-0.25, -0.2) is 0 Å². The van der Waals surface area contributed by atoms with Gasteiger partial charge < -0.3 is 15.3 Å². The van der Waals surface area contributed by atoms with Crippen molar-refractivity contribution in [2.45, 2.75) is 89.9 Å². The van der Waals surface area contributed by atoms with Crippen molar-refractivity contribution in [3.05, 3.63) is 47.6 Å². The minimum atomic E-state index is -0.621. The second-order valence-electron chi connectivity index (χ2n) is 10.7. The summed E-state index contributed by atoms with van der Waals surface area (Å²) in [5.41, 5.74) is 3.63. The Bertz CT molecular complexity index is 743. The summed E-state index contributed by atoms with van der Waals surface area (Å²) in [5, 5.41) is 30.4. The van der Waals surface area contributed by atoms with Gasteiger partial charge >= 0.3 is 0 Å². The van der Waals surface area contributed by atoms with Crippen LogP contribution in [0.5, 0.6) is 0 Å². The van der Waals surface area contributed by atoms with Crippen LogP contribution >= 0.6 is 0 Å². The van der Waals surface area contributed by atoms with Crippen LogP contribution in [0.25, 0.3) is 0 Å². The summed E-state index contributed by atoms with van der Waals surface area (Å²) in [6.07, 6.45) is 16.9. The number of aliphatic hydroxyl groups is 3. The molecule has 3 heteroatoms. The van der Waals surface area contributed by atoms with Crippen LogP contribution in [-0.2, 0) is 0 Å². The Morgan fingerprint density at radius 1 is 1.10 bits per heavy atom. The van der Waals surface area contributed by atoms with Gasteiger partial charge in [0.1, 0.15) is 0 Å². The number of aliphatic hydroxyl groups excluding tert-OH is 3. The molecule has 4 rings (SSSR count). The predicted octanol–water partition coefficient (Wildman–Crippen LogP) is 5.09. The molecule has 0 unspecified atom stereocenters. The third-order valence-electron chi connectivity index (χ3n) is 8.65. The molecule has 0 bridgehead atoms. The molecule has 3 nitrogen and oxygen atoms in total. The predicted molar refractivity (Wildman–Crippen MR) is 122 cm³/mol. The monoisotopic (exact) mass is 412 g/mol. The molecule has 0 aliphatic heterocycles. The third-order valence-corrected chi connectivity index (χ3v) is 8.65. The molecule has 4 fully saturated rings. The first-order chi connectivity index (χ1) is 14.3. The van der Waals surface area contributed by atoms with Gasteiger partial charge in [-0.15, -0.1) is 0 Å². The number of allylic oxidation sites excluding steroid dienone is 4. The molecule has 0 amide bonds. The van der Waals surface area contributed by atoms with Crippen molar-refractivity contribution in [2.75, 3.05) is 0 Å². The van der Waals surface area contributed by atoms with Gasteiger partial charge in [0.05, 0.1) is 18.3 Å². The molecule has 30 heavy (non-hydrogen) atoms. The van der Waals surface area contributed by atoms with E-state index in [-0.39, 0.29) is 6.10 Å². The molecular formula is C27H40O3. The van der Waals surface area contributed by atoms with Crippen molar-refractivity contribution < 1.29 is 15.3 Å². The highest BCUT2D eigenvalue weighted by Crippen LogP contribution is 2.59.